The molecule has 0 fully saturated rings. The highest BCUT2D eigenvalue weighted by atomic mass is 19.1. The fourth-order valence-electron chi connectivity index (χ4n) is 3.35. The molecule has 1 unspecified atom stereocenters. The standard InChI is InChI=1S/C18H19FN6O2/c1-10-11(2)25-14-15(22(3)18(27)23(4)16(14)26)20-17(25)24(21-10)9-12-7-5-6-8-13(12)19/h5-8,11H,9H2,1-4H3. The van der Waals surface area contributed by atoms with E-state index in [1.165, 1.54) is 17.7 Å². The number of imidazole rings is 1. The molecule has 9 heteroatoms. The van der Waals surface area contributed by atoms with E-state index >= 15 is 0 Å². The molecule has 1 aliphatic rings. The van der Waals surface area contributed by atoms with E-state index < -0.39 is 11.2 Å². The van der Waals surface area contributed by atoms with E-state index in [0.29, 0.717) is 17.0 Å². The van der Waals surface area contributed by atoms with Crippen LogP contribution in [0.3, 0.4) is 0 Å². The van der Waals surface area contributed by atoms with Crippen LogP contribution in [0.4, 0.5) is 10.3 Å². The van der Waals surface area contributed by atoms with Gasteiger partial charge in [0.25, 0.3) is 5.56 Å². The van der Waals surface area contributed by atoms with Crippen molar-refractivity contribution in [2.24, 2.45) is 19.2 Å². The fraction of sp³-hybridized carbons (Fsp3) is 0.333. The number of halogens is 1. The van der Waals surface area contributed by atoms with E-state index in [1.54, 1.807) is 34.8 Å². The van der Waals surface area contributed by atoms with Gasteiger partial charge in [0, 0.05) is 19.7 Å². The molecule has 0 radical (unpaired) electrons. The molecule has 140 valence electrons. The lowest BCUT2D eigenvalue weighted by molar-refractivity contribution is 0.591. The maximum absolute atomic E-state index is 14.1. The second-order valence-corrected chi connectivity index (χ2v) is 6.73. The molecule has 3 heterocycles. The second-order valence-electron chi connectivity index (χ2n) is 6.73. The summed E-state index contributed by atoms with van der Waals surface area (Å²) < 4.78 is 18.3. The highest BCUT2D eigenvalue weighted by Gasteiger charge is 2.30. The van der Waals surface area contributed by atoms with Gasteiger partial charge in [-0.3, -0.25) is 18.5 Å². The average Bonchev–Trinajstić information content (AvgIpc) is 3.05. The molecule has 8 nitrogen and oxygen atoms in total. The van der Waals surface area contributed by atoms with Crippen LogP contribution >= 0.6 is 0 Å². The van der Waals surface area contributed by atoms with Crippen molar-refractivity contribution in [1.29, 1.82) is 0 Å². The molecule has 2 aromatic heterocycles. The Hall–Kier alpha value is -3.23. The van der Waals surface area contributed by atoms with Crippen molar-refractivity contribution in [3.63, 3.8) is 0 Å². The van der Waals surface area contributed by atoms with Crippen LogP contribution in [0, 0.1) is 5.82 Å². The molecule has 0 saturated heterocycles. The summed E-state index contributed by atoms with van der Waals surface area (Å²) in [5, 5.41) is 6.11. The third kappa shape index (κ3) is 2.42. The highest BCUT2D eigenvalue weighted by Crippen LogP contribution is 2.31. The molecule has 0 N–H and O–H groups in total. The second kappa shape index (κ2) is 5.90. The van der Waals surface area contributed by atoms with E-state index in [4.69, 9.17) is 0 Å². The van der Waals surface area contributed by atoms with Gasteiger partial charge in [-0.05, 0) is 19.9 Å². The minimum absolute atomic E-state index is 0.161. The van der Waals surface area contributed by atoms with Gasteiger partial charge in [0.15, 0.2) is 11.2 Å². The largest absolute Gasteiger partial charge is 0.332 e. The Labute approximate surface area is 153 Å². The van der Waals surface area contributed by atoms with Crippen LogP contribution in [0.5, 0.6) is 0 Å². The summed E-state index contributed by atoms with van der Waals surface area (Å²) in [4.78, 5) is 29.6. The van der Waals surface area contributed by atoms with Crippen molar-refractivity contribution in [3.05, 3.63) is 56.5 Å². The molecule has 0 amide bonds. The molecule has 1 atom stereocenters. The molecular formula is C18H19FN6O2. The van der Waals surface area contributed by atoms with Gasteiger partial charge < -0.3 is 0 Å². The number of hydrogen-bond acceptors (Lipinski definition) is 5. The van der Waals surface area contributed by atoms with E-state index in [9.17, 15) is 14.0 Å². The van der Waals surface area contributed by atoms with Gasteiger partial charge in [0.05, 0.1) is 18.3 Å². The van der Waals surface area contributed by atoms with E-state index in [-0.39, 0.29) is 24.1 Å². The van der Waals surface area contributed by atoms with Gasteiger partial charge in [-0.2, -0.15) is 10.1 Å². The Kier molecular flexibility index (Phi) is 3.76. The first-order chi connectivity index (χ1) is 12.8. The van der Waals surface area contributed by atoms with Crippen molar-refractivity contribution in [1.82, 2.24) is 18.7 Å². The number of aromatic nitrogens is 4. The van der Waals surface area contributed by atoms with Crippen molar-refractivity contribution in [3.8, 4) is 0 Å². The van der Waals surface area contributed by atoms with Crippen LogP contribution in [-0.4, -0.2) is 24.4 Å². The monoisotopic (exact) mass is 370 g/mol. The van der Waals surface area contributed by atoms with Gasteiger partial charge in [0.1, 0.15) is 5.82 Å². The highest BCUT2D eigenvalue weighted by molar-refractivity contribution is 5.91. The number of rotatable bonds is 2. The van der Waals surface area contributed by atoms with Crippen LogP contribution in [0.15, 0.2) is 39.0 Å². The lowest BCUT2D eigenvalue weighted by Crippen LogP contribution is -2.38. The predicted molar refractivity (Wildman–Crippen MR) is 101 cm³/mol. The number of aryl methyl sites for hydroxylation is 1. The summed E-state index contributed by atoms with van der Waals surface area (Å²) in [5.74, 6) is 0.0691. The van der Waals surface area contributed by atoms with Crippen molar-refractivity contribution < 1.29 is 4.39 Å². The Bertz CT molecular complexity index is 1220. The van der Waals surface area contributed by atoms with E-state index in [1.807, 2.05) is 13.8 Å². The molecule has 1 aliphatic heterocycles. The first-order valence-corrected chi connectivity index (χ1v) is 8.55. The minimum atomic E-state index is -0.450. The zero-order chi connectivity index (χ0) is 19.5. The number of anilines is 1. The summed E-state index contributed by atoms with van der Waals surface area (Å²) in [6.45, 7) is 3.92. The third-order valence-corrected chi connectivity index (χ3v) is 5.05. The van der Waals surface area contributed by atoms with E-state index in [2.05, 4.69) is 10.1 Å². The average molecular weight is 370 g/mol. The van der Waals surface area contributed by atoms with Gasteiger partial charge in [-0.15, -0.1) is 0 Å². The topological polar surface area (TPSA) is 77.4 Å². The van der Waals surface area contributed by atoms with Crippen LogP contribution in [0.2, 0.25) is 0 Å². The third-order valence-electron chi connectivity index (χ3n) is 5.05. The Morgan fingerprint density at radius 3 is 2.56 bits per heavy atom. The summed E-state index contributed by atoms with van der Waals surface area (Å²) in [6.07, 6.45) is 0. The molecule has 3 aromatic rings. The lowest BCUT2D eigenvalue weighted by Gasteiger charge is -2.29. The molecule has 4 rings (SSSR count). The molecule has 0 saturated carbocycles. The number of nitrogens with zero attached hydrogens (tertiary/aromatic N) is 6. The normalized spacial score (nSPS) is 16.6. The first-order valence-electron chi connectivity index (χ1n) is 8.55. The van der Waals surface area contributed by atoms with Crippen LogP contribution in [0.25, 0.3) is 11.2 Å². The number of benzene rings is 1. The zero-order valence-corrected chi connectivity index (χ0v) is 15.5. The zero-order valence-electron chi connectivity index (χ0n) is 15.5. The molecule has 0 bridgehead atoms. The van der Waals surface area contributed by atoms with Crippen LogP contribution in [0.1, 0.15) is 25.5 Å². The van der Waals surface area contributed by atoms with E-state index in [0.717, 1.165) is 10.3 Å². The Balaban J connectivity index is 1.98. The fourth-order valence-corrected chi connectivity index (χ4v) is 3.35. The maximum Gasteiger partial charge on any atom is 0.332 e. The van der Waals surface area contributed by atoms with Crippen molar-refractivity contribution >= 4 is 22.8 Å². The summed E-state index contributed by atoms with van der Waals surface area (Å²) in [7, 11) is 3.01. The minimum Gasteiger partial charge on any atom is -0.294 e. The summed E-state index contributed by atoms with van der Waals surface area (Å²) in [6, 6.07) is 6.23. The van der Waals surface area contributed by atoms with Crippen molar-refractivity contribution in [2.45, 2.75) is 26.4 Å². The van der Waals surface area contributed by atoms with Gasteiger partial charge in [-0.1, -0.05) is 18.2 Å². The Morgan fingerprint density at radius 1 is 1.15 bits per heavy atom. The van der Waals surface area contributed by atoms with Crippen LogP contribution < -0.4 is 16.3 Å². The molecule has 1 aromatic carbocycles. The van der Waals surface area contributed by atoms with Gasteiger partial charge in [-0.25, -0.2) is 14.2 Å². The molecule has 27 heavy (non-hydrogen) atoms. The lowest BCUT2D eigenvalue weighted by atomic mass is 10.2. The number of fused-ring (bicyclic) bond motifs is 3. The van der Waals surface area contributed by atoms with Gasteiger partial charge in [0.2, 0.25) is 5.95 Å². The van der Waals surface area contributed by atoms with Gasteiger partial charge >= 0.3 is 5.69 Å². The SMILES string of the molecule is CC1=NN(Cc2ccccc2F)c2nc3c(c(=O)n(C)c(=O)n3C)n2C1C. The smallest absolute Gasteiger partial charge is 0.294 e. The quantitative estimate of drug-likeness (QED) is 0.685. The first kappa shape index (κ1) is 17.2. The summed E-state index contributed by atoms with van der Waals surface area (Å²) in [5.41, 5.74) is 0.967. The van der Waals surface area contributed by atoms with Crippen LogP contribution in [-0.2, 0) is 20.6 Å². The number of hydrogen-bond donors (Lipinski definition) is 0. The van der Waals surface area contributed by atoms with Crippen molar-refractivity contribution in [2.75, 3.05) is 5.01 Å². The number of hydrazone groups is 1. The molecular weight excluding hydrogens is 351 g/mol. The Morgan fingerprint density at radius 2 is 1.85 bits per heavy atom. The molecule has 0 spiro atoms. The summed E-state index contributed by atoms with van der Waals surface area (Å²) >= 11 is 0. The predicted octanol–water partition coefficient (Wildman–Crippen LogP) is 1.53. The molecule has 0 aliphatic carbocycles. The maximum atomic E-state index is 14.1.